The lowest BCUT2D eigenvalue weighted by molar-refractivity contribution is 0.106. The van der Waals surface area contributed by atoms with Crippen molar-refractivity contribution in [3.63, 3.8) is 0 Å². The third-order valence-electron chi connectivity index (χ3n) is 7.08. The van der Waals surface area contributed by atoms with Crippen LogP contribution in [0, 0.1) is 0 Å². The van der Waals surface area contributed by atoms with Crippen molar-refractivity contribution in [1.29, 1.82) is 0 Å². The third kappa shape index (κ3) is 21.6. The lowest BCUT2D eigenvalue weighted by atomic mass is 10.3. The smallest absolute Gasteiger partial charge is 0.0717 e. The summed E-state index contributed by atoms with van der Waals surface area (Å²) >= 11 is 0. The summed E-state index contributed by atoms with van der Waals surface area (Å²) in [5.41, 5.74) is 1.22. The number of rotatable bonds is 29. The Bertz CT molecular complexity index is 384. The summed E-state index contributed by atoms with van der Waals surface area (Å²) < 4.78 is 12.6. The van der Waals surface area contributed by atoms with Crippen LogP contribution in [0.15, 0.2) is 0 Å². The molecule has 0 saturated heterocycles. The van der Waals surface area contributed by atoms with E-state index >= 15 is 0 Å². The molecule has 0 spiro atoms. The summed E-state index contributed by atoms with van der Waals surface area (Å²) in [6.45, 7) is 15.5. The van der Waals surface area contributed by atoms with Gasteiger partial charge in [-0.3, -0.25) is 0 Å². The Hall–Kier alpha value is 1.75. The Balaban J connectivity index is 4.12. The first kappa shape index (κ1) is 37.8. The zero-order valence-electron chi connectivity index (χ0n) is 24.9. The molecular formula is C28H62O2S4Si2. The molecule has 0 aromatic rings. The number of hydrogen-bond donors (Lipinski definition) is 0. The molecular weight excluding hydrogens is 553 g/mol. The minimum Gasteiger partial charge on any atom is -0.382 e. The Kier molecular flexibility index (Phi) is 31.2. The van der Waals surface area contributed by atoms with Crippen LogP contribution in [-0.2, 0) is 9.47 Å². The molecule has 0 N–H and O–H groups in total. The molecule has 0 aliphatic carbocycles. The fraction of sp³-hybridized carbons (Fsp3) is 1.00. The lowest BCUT2D eigenvalue weighted by Crippen LogP contribution is -2.33. The van der Waals surface area contributed by atoms with Crippen LogP contribution in [0.3, 0.4) is 0 Å². The standard InChI is InChI=1S/C28H62O2S4Si2/c1-7-13-23-35(24-14-8-2)27(29-11-5)19-17-21-31-33-34-32-22-18-20-28(30-12-6)36(25-15-9-3)26-16-10-4/h27-28,35-36H,7-26H2,1-6H3. The summed E-state index contributed by atoms with van der Waals surface area (Å²) in [6.07, 6.45) is 16.2. The molecule has 0 rings (SSSR count). The average Bonchev–Trinajstić information content (AvgIpc) is 2.89. The summed E-state index contributed by atoms with van der Waals surface area (Å²) in [7, 11) is 6.57. The molecule has 0 aliphatic heterocycles. The van der Waals surface area contributed by atoms with Gasteiger partial charge in [0.05, 0.1) is 17.6 Å². The maximum atomic E-state index is 6.30. The van der Waals surface area contributed by atoms with Crippen molar-refractivity contribution in [1.82, 2.24) is 0 Å². The molecule has 0 aromatic carbocycles. The van der Waals surface area contributed by atoms with E-state index in [9.17, 15) is 0 Å². The van der Waals surface area contributed by atoms with Gasteiger partial charge in [0, 0.05) is 36.2 Å². The topological polar surface area (TPSA) is 18.5 Å². The van der Waals surface area contributed by atoms with Gasteiger partial charge in [0.25, 0.3) is 0 Å². The lowest BCUT2D eigenvalue weighted by Gasteiger charge is -2.26. The minimum atomic E-state index is -0.770. The molecule has 0 heterocycles. The highest BCUT2D eigenvalue weighted by atomic mass is 33.7. The molecule has 218 valence electrons. The monoisotopic (exact) mass is 614 g/mol. The van der Waals surface area contributed by atoms with Crippen LogP contribution in [0.2, 0.25) is 24.2 Å². The Morgan fingerprint density at radius 2 is 0.833 bits per heavy atom. The van der Waals surface area contributed by atoms with E-state index in [4.69, 9.17) is 9.47 Å². The van der Waals surface area contributed by atoms with E-state index in [1.165, 1.54) is 113 Å². The average molecular weight is 615 g/mol. The summed E-state index contributed by atoms with van der Waals surface area (Å²) in [5.74, 6) is 2.53. The molecule has 2 nitrogen and oxygen atoms in total. The minimum absolute atomic E-state index is 0.612. The third-order valence-corrected chi connectivity index (χ3v) is 21.5. The van der Waals surface area contributed by atoms with Gasteiger partial charge >= 0.3 is 0 Å². The van der Waals surface area contributed by atoms with Gasteiger partial charge in [-0.15, -0.1) is 0 Å². The number of ether oxygens (including phenoxy) is 2. The van der Waals surface area contributed by atoms with Crippen LogP contribution < -0.4 is 0 Å². The highest BCUT2D eigenvalue weighted by molar-refractivity contribution is 9.26. The highest BCUT2D eigenvalue weighted by Crippen LogP contribution is 2.43. The highest BCUT2D eigenvalue weighted by Gasteiger charge is 2.23. The van der Waals surface area contributed by atoms with Gasteiger partial charge in [-0.2, -0.15) is 0 Å². The van der Waals surface area contributed by atoms with Gasteiger partial charge in [-0.1, -0.05) is 125 Å². The fourth-order valence-electron chi connectivity index (χ4n) is 5.03. The van der Waals surface area contributed by atoms with Crippen molar-refractivity contribution >= 4 is 58.8 Å². The maximum absolute atomic E-state index is 6.30. The van der Waals surface area contributed by atoms with E-state index in [-0.39, 0.29) is 0 Å². The predicted molar refractivity (Wildman–Crippen MR) is 183 cm³/mol. The van der Waals surface area contributed by atoms with Crippen molar-refractivity contribution < 1.29 is 9.47 Å². The van der Waals surface area contributed by atoms with E-state index in [0.29, 0.717) is 11.5 Å². The van der Waals surface area contributed by atoms with Crippen LogP contribution in [-0.4, -0.2) is 53.8 Å². The number of hydrogen-bond acceptors (Lipinski definition) is 6. The molecule has 0 fully saturated rings. The van der Waals surface area contributed by atoms with E-state index in [1.54, 1.807) is 0 Å². The van der Waals surface area contributed by atoms with E-state index in [0.717, 1.165) is 13.2 Å². The summed E-state index contributed by atoms with van der Waals surface area (Å²) in [5, 5.41) is 0. The Morgan fingerprint density at radius 1 is 0.500 bits per heavy atom. The first-order valence-electron chi connectivity index (χ1n) is 15.5. The first-order chi connectivity index (χ1) is 17.7. The van der Waals surface area contributed by atoms with Crippen molar-refractivity contribution in [2.45, 2.75) is 154 Å². The van der Waals surface area contributed by atoms with Gasteiger partial charge in [0.2, 0.25) is 0 Å². The molecule has 0 bridgehead atoms. The first-order valence-corrected chi connectivity index (χ1v) is 25.2. The van der Waals surface area contributed by atoms with E-state index in [2.05, 4.69) is 63.1 Å². The van der Waals surface area contributed by atoms with Crippen LogP contribution >= 0.6 is 41.2 Å². The van der Waals surface area contributed by atoms with Crippen LogP contribution in [0.1, 0.15) is 119 Å². The van der Waals surface area contributed by atoms with Crippen molar-refractivity contribution in [2.75, 3.05) is 24.7 Å². The van der Waals surface area contributed by atoms with Gasteiger partial charge in [-0.05, 0) is 59.2 Å². The molecule has 0 saturated carbocycles. The second kappa shape index (κ2) is 29.7. The molecule has 2 atom stereocenters. The van der Waals surface area contributed by atoms with Gasteiger partial charge in [-0.25, -0.2) is 0 Å². The number of unbranched alkanes of at least 4 members (excludes halogenated alkanes) is 4. The van der Waals surface area contributed by atoms with Crippen molar-refractivity contribution in [3.05, 3.63) is 0 Å². The molecule has 8 heteroatoms. The summed E-state index contributed by atoms with van der Waals surface area (Å²) in [6, 6.07) is 5.95. The van der Waals surface area contributed by atoms with Gasteiger partial charge < -0.3 is 9.47 Å². The Labute approximate surface area is 245 Å². The molecule has 0 aliphatic rings. The van der Waals surface area contributed by atoms with E-state index < -0.39 is 17.6 Å². The van der Waals surface area contributed by atoms with Crippen molar-refractivity contribution in [2.24, 2.45) is 0 Å². The fourth-order valence-corrected chi connectivity index (χ4v) is 19.4. The molecule has 0 aromatic heterocycles. The van der Waals surface area contributed by atoms with Crippen LogP contribution in [0.4, 0.5) is 0 Å². The molecule has 2 unspecified atom stereocenters. The quantitative estimate of drug-likeness (QED) is 0.0470. The maximum Gasteiger partial charge on any atom is 0.0717 e. The largest absolute Gasteiger partial charge is 0.382 e. The Morgan fingerprint density at radius 3 is 1.11 bits per heavy atom. The predicted octanol–water partition coefficient (Wildman–Crippen LogP) is 10.8. The van der Waals surface area contributed by atoms with E-state index in [1.807, 2.05) is 19.7 Å². The molecule has 0 amide bonds. The van der Waals surface area contributed by atoms with Gasteiger partial charge in [0.1, 0.15) is 0 Å². The van der Waals surface area contributed by atoms with Crippen LogP contribution in [0.25, 0.3) is 0 Å². The normalized spacial score (nSPS) is 13.7. The van der Waals surface area contributed by atoms with Gasteiger partial charge in [0.15, 0.2) is 0 Å². The second-order valence-electron chi connectivity index (χ2n) is 10.1. The van der Waals surface area contributed by atoms with Crippen molar-refractivity contribution in [3.8, 4) is 0 Å². The zero-order valence-corrected chi connectivity index (χ0v) is 30.5. The van der Waals surface area contributed by atoms with Crippen LogP contribution in [0.5, 0.6) is 0 Å². The molecule has 36 heavy (non-hydrogen) atoms. The zero-order chi connectivity index (χ0) is 26.7. The SMILES string of the molecule is CCCC[SiH](CCCC)C(CCCSSSSCCCC(OCC)[SiH](CCCC)CCCC)OCC. The summed E-state index contributed by atoms with van der Waals surface area (Å²) in [4.78, 5) is 0. The second-order valence-corrected chi connectivity index (χ2v) is 23.2. The molecule has 0 radical (unpaired) electrons.